The average molecular weight is 416 g/mol. The number of amides is 2. The van der Waals surface area contributed by atoms with Crippen LogP contribution in [0.5, 0.6) is 5.75 Å². The summed E-state index contributed by atoms with van der Waals surface area (Å²) in [4.78, 5) is 28.1. The van der Waals surface area contributed by atoms with Gasteiger partial charge in [0.25, 0.3) is 5.91 Å². The van der Waals surface area contributed by atoms with Crippen LogP contribution < -0.4 is 20.8 Å². The number of nitrogens with one attached hydrogen (secondary N) is 1. The Balaban J connectivity index is 1.20. The highest BCUT2D eigenvalue weighted by molar-refractivity contribution is 5.99. The van der Waals surface area contributed by atoms with E-state index in [-0.39, 0.29) is 11.8 Å². The fraction of sp³-hybridized carbons (Fsp3) is 0.636. The second-order valence-electron chi connectivity index (χ2n) is 8.65. The van der Waals surface area contributed by atoms with Crippen LogP contribution >= 0.6 is 0 Å². The lowest BCUT2D eigenvalue weighted by atomic mass is 9.94. The van der Waals surface area contributed by atoms with Gasteiger partial charge in [-0.1, -0.05) is 0 Å². The van der Waals surface area contributed by atoms with Crippen molar-refractivity contribution in [1.29, 1.82) is 0 Å². The highest BCUT2D eigenvalue weighted by atomic mass is 16.5. The first-order valence-electron chi connectivity index (χ1n) is 11.1. The third kappa shape index (κ3) is 5.50. The second kappa shape index (κ2) is 9.76. The van der Waals surface area contributed by atoms with Gasteiger partial charge < -0.3 is 9.64 Å². The number of carbonyl (C=O) groups excluding carboxylic acids is 2. The van der Waals surface area contributed by atoms with Gasteiger partial charge in [0, 0.05) is 57.8 Å². The minimum absolute atomic E-state index is 0.227. The van der Waals surface area contributed by atoms with Crippen molar-refractivity contribution >= 4 is 17.5 Å². The van der Waals surface area contributed by atoms with Crippen molar-refractivity contribution in [2.24, 2.45) is 11.8 Å². The van der Waals surface area contributed by atoms with Crippen LogP contribution in [0.15, 0.2) is 24.3 Å². The van der Waals surface area contributed by atoms with Gasteiger partial charge in [0.2, 0.25) is 5.91 Å². The maximum absolute atomic E-state index is 11.8. The highest BCUT2D eigenvalue weighted by Gasteiger charge is 2.28. The van der Waals surface area contributed by atoms with E-state index in [2.05, 4.69) is 27.2 Å². The van der Waals surface area contributed by atoms with Crippen LogP contribution in [0, 0.1) is 5.92 Å². The minimum Gasteiger partial charge on any atom is -0.481 e. The highest BCUT2D eigenvalue weighted by Crippen LogP contribution is 2.24. The van der Waals surface area contributed by atoms with Crippen LogP contribution in [0.25, 0.3) is 0 Å². The van der Waals surface area contributed by atoms with Gasteiger partial charge in [-0.3, -0.25) is 25.6 Å². The molecule has 0 aliphatic carbocycles. The molecule has 0 aromatic heterocycles. The molecule has 8 heteroatoms. The van der Waals surface area contributed by atoms with E-state index in [0.717, 1.165) is 45.2 Å². The zero-order valence-electron chi connectivity index (χ0n) is 17.6. The Morgan fingerprint density at radius 1 is 0.967 bits per heavy atom. The molecule has 3 heterocycles. The lowest BCUT2D eigenvalue weighted by Crippen LogP contribution is -2.47. The predicted octanol–water partition coefficient (Wildman–Crippen LogP) is 0.968. The summed E-state index contributed by atoms with van der Waals surface area (Å²) in [6, 6.07) is 7.93. The largest absolute Gasteiger partial charge is 0.481 e. The molecule has 3 N–H and O–H groups in total. The van der Waals surface area contributed by atoms with Gasteiger partial charge in [-0.05, 0) is 56.0 Å². The summed E-state index contributed by atoms with van der Waals surface area (Å²) in [7, 11) is 0. The molecule has 2 amide bonds. The zero-order chi connectivity index (χ0) is 20.9. The number of carbonyl (C=O) groups is 2. The molecule has 1 atom stereocenters. The first-order chi connectivity index (χ1) is 14.6. The van der Waals surface area contributed by atoms with Gasteiger partial charge in [0.1, 0.15) is 5.75 Å². The monoisotopic (exact) mass is 415 g/mol. The summed E-state index contributed by atoms with van der Waals surface area (Å²) in [5.41, 5.74) is 1.18. The lowest BCUT2D eigenvalue weighted by molar-refractivity contribution is -0.138. The Labute approximate surface area is 178 Å². The number of ether oxygens (including phenoxy) is 1. The first kappa shape index (κ1) is 21.1. The fourth-order valence-electron chi connectivity index (χ4n) is 4.52. The summed E-state index contributed by atoms with van der Waals surface area (Å²) in [5.74, 6) is 6.76. The third-order valence-corrected chi connectivity index (χ3v) is 6.54. The summed E-state index contributed by atoms with van der Waals surface area (Å²) in [5, 5.41) is 4.27. The van der Waals surface area contributed by atoms with Gasteiger partial charge in [-0.15, -0.1) is 0 Å². The number of piperazine rings is 1. The Morgan fingerprint density at radius 2 is 1.67 bits per heavy atom. The van der Waals surface area contributed by atoms with Crippen molar-refractivity contribution in [2.75, 3.05) is 50.7 Å². The smallest absolute Gasteiger partial charge is 0.267 e. The van der Waals surface area contributed by atoms with Gasteiger partial charge in [0.15, 0.2) is 6.10 Å². The van der Waals surface area contributed by atoms with Crippen molar-refractivity contribution in [1.82, 2.24) is 15.2 Å². The Hall–Kier alpha value is -2.16. The van der Waals surface area contributed by atoms with E-state index >= 15 is 0 Å². The molecule has 0 radical (unpaired) electrons. The molecule has 3 fully saturated rings. The molecule has 1 aromatic rings. The minimum atomic E-state index is -0.589. The van der Waals surface area contributed by atoms with Crippen LogP contribution in [-0.4, -0.2) is 73.6 Å². The molecular formula is C22H33N5O3. The number of hydrogen-bond acceptors (Lipinski definition) is 7. The van der Waals surface area contributed by atoms with Gasteiger partial charge >= 0.3 is 0 Å². The molecule has 164 valence electrons. The van der Waals surface area contributed by atoms with E-state index < -0.39 is 6.10 Å². The number of nitrogens with two attached hydrogens (primary N) is 1. The van der Waals surface area contributed by atoms with E-state index in [1.54, 1.807) is 0 Å². The van der Waals surface area contributed by atoms with Crippen molar-refractivity contribution in [2.45, 2.75) is 38.2 Å². The van der Waals surface area contributed by atoms with Crippen molar-refractivity contribution in [3.05, 3.63) is 24.3 Å². The number of rotatable bonds is 6. The molecule has 0 spiro atoms. The Kier molecular flexibility index (Phi) is 6.86. The Morgan fingerprint density at radius 3 is 2.33 bits per heavy atom. The van der Waals surface area contributed by atoms with Crippen LogP contribution in [0.2, 0.25) is 0 Å². The summed E-state index contributed by atoms with van der Waals surface area (Å²) >= 11 is 0. The maximum Gasteiger partial charge on any atom is 0.267 e. The molecule has 30 heavy (non-hydrogen) atoms. The fourth-order valence-corrected chi connectivity index (χ4v) is 4.52. The maximum atomic E-state index is 11.8. The Bertz CT molecular complexity index is 725. The van der Waals surface area contributed by atoms with E-state index in [4.69, 9.17) is 10.6 Å². The summed E-state index contributed by atoms with van der Waals surface area (Å²) < 4.78 is 5.77. The topological polar surface area (TPSA) is 91.1 Å². The average Bonchev–Trinajstić information content (AvgIpc) is 2.76. The standard InChI is InChI=1S/C22H33N5O3/c23-27-11-8-17(9-12-27)7-10-25-13-15-26(16-14-25)18-1-3-19(4-2-18)30-20-5-6-21(28)24-22(20)29/h1-4,17,20H,5-16,23H2,(H,24,28,29). The van der Waals surface area contributed by atoms with Crippen molar-refractivity contribution in [3.8, 4) is 5.75 Å². The van der Waals surface area contributed by atoms with E-state index in [1.807, 2.05) is 17.1 Å². The van der Waals surface area contributed by atoms with Crippen molar-refractivity contribution in [3.63, 3.8) is 0 Å². The molecule has 3 aliphatic heterocycles. The predicted molar refractivity (Wildman–Crippen MR) is 115 cm³/mol. The number of nitrogens with zero attached hydrogens (tertiary/aromatic N) is 3. The lowest BCUT2D eigenvalue weighted by Gasteiger charge is -2.37. The molecule has 1 aromatic carbocycles. The zero-order valence-corrected chi connectivity index (χ0v) is 17.6. The first-order valence-corrected chi connectivity index (χ1v) is 11.1. The molecule has 3 aliphatic rings. The van der Waals surface area contributed by atoms with Gasteiger partial charge in [-0.2, -0.15) is 0 Å². The normalized spacial score (nSPS) is 24.7. The molecular weight excluding hydrogens is 382 g/mol. The molecule has 4 rings (SSSR count). The number of hydrazine groups is 1. The second-order valence-corrected chi connectivity index (χ2v) is 8.65. The molecule has 8 nitrogen and oxygen atoms in total. The number of piperidine rings is 2. The van der Waals surface area contributed by atoms with Crippen LogP contribution in [0.1, 0.15) is 32.1 Å². The number of anilines is 1. The third-order valence-electron chi connectivity index (χ3n) is 6.54. The van der Waals surface area contributed by atoms with E-state index in [9.17, 15) is 9.59 Å². The number of hydrogen-bond donors (Lipinski definition) is 2. The van der Waals surface area contributed by atoms with Crippen LogP contribution in [0.3, 0.4) is 0 Å². The summed E-state index contributed by atoms with van der Waals surface area (Å²) in [6.45, 7) is 7.46. The summed E-state index contributed by atoms with van der Waals surface area (Å²) in [6.07, 6.45) is 3.90. The molecule has 1 unspecified atom stereocenters. The molecule has 0 saturated carbocycles. The van der Waals surface area contributed by atoms with E-state index in [0.29, 0.717) is 18.6 Å². The van der Waals surface area contributed by atoms with Crippen LogP contribution in [0.4, 0.5) is 5.69 Å². The molecule has 3 saturated heterocycles. The molecule has 0 bridgehead atoms. The number of imide groups is 1. The quantitative estimate of drug-likeness (QED) is 0.528. The number of benzene rings is 1. The van der Waals surface area contributed by atoms with Crippen LogP contribution in [-0.2, 0) is 9.59 Å². The van der Waals surface area contributed by atoms with Crippen molar-refractivity contribution < 1.29 is 14.3 Å². The van der Waals surface area contributed by atoms with Gasteiger partial charge in [-0.25, -0.2) is 5.01 Å². The SMILES string of the molecule is NN1CCC(CCN2CCN(c3ccc(OC4CCC(=O)NC4=O)cc3)CC2)CC1. The van der Waals surface area contributed by atoms with Gasteiger partial charge in [0.05, 0.1) is 0 Å². The van der Waals surface area contributed by atoms with E-state index in [1.165, 1.54) is 31.5 Å².